The lowest BCUT2D eigenvalue weighted by Gasteiger charge is -2.34. The maximum Gasteiger partial charge on any atom is 0.272 e. The second-order valence-electron chi connectivity index (χ2n) is 11.1. The third kappa shape index (κ3) is 4.61. The van der Waals surface area contributed by atoms with Crippen molar-refractivity contribution in [3.63, 3.8) is 0 Å². The fraction of sp³-hybridized carbons (Fsp3) is 0.267. The molecule has 1 aliphatic heterocycles. The molecule has 0 atom stereocenters. The summed E-state index contributed by atoms with van der Waals surface area (Å²) in [5.41, 5.74) is 11.1. The molecule has 2 amide bonds. The Hall–Kier alpha value is -5.04. The van der Waals surface area contributed by atoms with Crippen LogP contribution in [0.15, 0.2) is 54.2 Å². The molecule has 3 N–H and O–H groups in total. The summed E-state index contributed by atoms with van der Waals surface area (Å²) in [4.78, 5) is 42.6. The van der Waals surface area contributed by atoms with Crippen LogP contribution in [0.3, 0.4) is 0 Å². The number of hydrogen-bond acceptors (Lipinski definition) is 10. The number of carbonyl (C=O) groups excluding carboxylic acids is 2. The van der Waals surface area contributed by atoms with Crippen molar-refractivity contribution in [3.05, 3.63) is 76.0 Å². The first-order valence-corrected chi connectivity index (χ1v) is 14.7. The van der Waals surface area contributed by atoms with Gasteiger partial charge in [0, 0.05) is 55.0 Å². The van der Waals surface area contributed by atoms with Gasteiger partial charge < -0.3 is 25.6 Å². The lowest BCUT2D eigenvalue weighted by atomic mass is 9.84. The maximum absolute atomic E-state index is 13.7. The number of nitrogens with zero attached hydrogens (tertiary/aromatic N) is 7. The van der Waals surface area contributed by atoms with E-state index in [2.05, 4.69) is 31.4 Å². The number of benzene rings is 2. The monoisotopic (exact) mass is 595 g/mol. The van der Waals surface area contributed by atoms with Crippen LogP contribution in [0.25, 0.3) is 16.8 Å². The van der Waals surface area contributed by atoms with Crippen molar-refractivity contribution in [2.24, 2.45) is 0 Å². The van der Waals surface area contributed by atoms with Gasteiger partial charge in [0.1, 0.15) is 16.5 Å². The number of anilines is 3. The summed E-state index contributed by atoms with van der Waals surface area (Å²) in [5, 5.41) is 9.98. The molecule has 1 fully saturated rings. The molecular formula is C30H29N9O3S. The van der Waals surface area contributed by atoms with E-state index in [4.69, 9.17) is 10.5 Å². The Morgan fingerprint density at radius 1 is 1.19 bits per heavy atom. The molecule has 1 aliphatic carbocycles. The van der Waals surface area contributed by atoms with Gasteiger partial charge >= 0.3 is 0 Å². The van der Waals surface area contributed by atoms with E-state index in [0.717, 1.165) is 34.5 Å². The largest absolute Gasteiger partial charge is 0.494 e. The molecule has 12 nitrogen and oxygen atoms in total. The number of rotatable bonds is 7. The van der Waals surface area contributed by atoms with Gasteiger partial charge in [-0.25, -0.2) is 14.5 Å². The lowest BCUT2D eigenvalue weighted by Crippen LogP contribution is -2.42. The van der Waals surface area contributed by atoms with Gasteiger partial charge in [-0.2, -0.15) is 4.98 Å². The summed E-state index contributed by atoms with van der Waals surface area (Å²) in [7, 11) is 5.03. The summed E-state index contributed by atoms with van der Waals surface area (Å²) in [5.74, 6) is 1.03. The van der Waals surface area contributed by atoms with Crippen molar-refractivity contribution >= 4 is 46.3 Å². The average molecular weight is 596 g/mol. The van der Waals surface area contributed by atoms with Gasteiger partial charge in [0.2, 0.25) is 5.95 Å². The lowest BCUT2D eigenvalue weighted by molar-refractivity contribution is 0.0698. The Bertz CT molecular complexity index is 1910. The number of para-hydroxylation sites is 1. The highest BCUT2D eigenvalue weighted by Crippen LogP contribution is 2.53. The fourth-order valence-corrected chi connectivity index (χ4v) is 6.53. The minimum atomic E-state index is -0.144. The number of aromatic nitrogens is 5. The van der Waals surface area contributed by atoms with E-state index in [-0.39, 0.29) is 23.2 Å². The molecule has 2 aliphatic rings. The number of ether oxygens (including phenoxy) is 1. The molecule has 218 valence electrons. The molecule has 1 spiro atoms. The molecule has 5 aromatic rings. The van der Waals surface area contributed by atoms with Gasteiger partial charge in [0.05, 0.1) is 19.3 Å². The smallest absolute Gasteiger partial charge is 0.272 e. The molecule has 0 bridgehead atoms. The zero-order chi connectivity index (χ0) is 29.9. The van der Waals surface area contributed by atoms with E-state index in [1.165, 1.54) is 16.2 Å². The van der Waals surface area contributed by atoms with Crippen LogP contribution < -0.4 is 15.8 Å². The first kappa shape index (κ1) is 26.8. The normalized spacial score (nSPS) is 15.0. The van der Waals surface area contributed by atoms with Crippen molar-refractivity contribution in [1.82, 2.24) is 34.4 Å². The van der Waals surface area contributed by atoms with E-state index >= 15 is 0 Å². The summed E-state index contributed by atoms with van der Waals surface area (Å²) in [6.07, 6.45) is 5.34. The van der Waals surface area contributed by atoms with Crippen molar-refractivity contribution in [1.29, 1.82) is 0 Å². The summed E-state index contributed by atoms with van der Waals surface area (Å²) in [6.45, 7) is 0.999. The van der Waals surface area contributed by atoms with Gasteiger partial charge in [-0.1, -0.05) is 18.2 Å². The summed E-state index contributed by atoms with van der Waals surface area (Å²) >= 11 is 1.41. The Balaban J connectivity index is 1.20. The second-order valence-corrected chi connectivity index (χ2v) is 12.0. The molecule has 3 aromatic heterocycles. The zero-order valence-corrected chi connectivity index (χ0v) is 24.7. The second kappa shape index (κ2) is 10.1. The first-order valence-electron chi connectivity index (χ1n) is 13.8. The molecule has 13 heteroatoms. The number of methoxy groups -OCH3 is 1. The van der Waals surface area contributed by atoms with Crippen molar-refractivity contribution in [2.75, 3.05) is 38.8 Å². The van der Waals surface area contributed by atoms with Crippen LogP contribution in [0.1, 0.15) is 44.3 Å². The number of nitrogens with two attached hydrogens (primary N) is 1. The number of hydrogen-bond donors (Lipinski definition) is 2. The van der Waals surface area contributed by atoms with Gasteiger partial charge in [-0.3, -0.25) is 9.59 Å². The molecule has 0 saturated heterocycles. The molecule has 1 saturated carbocycles. The van der Waals surface area contributed by atoms with Crippen LogP contribution >= 0.6 is 11.3 Å². The number of carbonyl (C=O) groups is 2. The van der Waals surface area contributed by atoms with Gasteiger partial charge in [-0.05, 0) is 42.2 Å². The summed E-state index contributed by atoms with van der Waals surface area (Å²) in [6, 6.07) is 11.8. The predicted octanol–water partition coefficient (Wildman–Crippen LogP) is 3.97. The zero-order valence-electron chi connectivity index (χ0n) is 23.9. The number of fused-ring (bicyclic) bond motifs is 3. The van der Waals surface area contributed by atoms with Crippen molar-refractivity contribution in [2.45, 2.75) is 24.8 Å². The molecule has 7 rings (SSSR count). The van der Waals surface area contributed by atoms with Crippen LogP contribution in [0.5, 0.6) is 5.75 Å². The summed E-state index contributed by atoms with van der Waals surface area (Å²) < 4.78 is 7.47. The maximum atomic E-state index is 13.7. The molecule has 43 heavy (non-hydrogen) atoms. The van der Waals surface area contributed by atoms with E-state index in [9.17, 15) is 9.59 Å². The first-order chi connectivity index (χ1) is 20.8. The fourth-order valence-electron chi connectivity index (χ4n) is 5.75. The predicted molar refractivity (Wildman–Crippen MR) is 163 cm³/mol. The minimum Gasteiger partial charge on any atom is -0.494 e. The SMILES string of the molecule is COc1c(Nc2nc(N)nn3ccnc23)cccc1-c1ccc2c(c1)C1(CC1)CN(Cc1nc(C(=O)N(C)C)cs1)C2=O. The highest BCUT2D eigenvalue weighted by molar-refractivity contribution is 7.09. The van der Waals surface area contributed by atoms with Gasteiger partial charge in [-0.15, -0.1) is 16.4 Å². The molecular weight excluding hydrogens is 566 g/mol. The van der Waals surface area contributed by atoms with Crippen LogP contribution in [0, 0.1) is 0 Å². The highest BCUT2D eigenvalue weighted by atomic mass is 32.1. The van der Waals surface area contributed by atoms with Crippen LogP contribution in [0.2, 0.25) is 0 Å². The Morgan fingerprint density at radius 2 is 2.02 bits per heavy atom. The van der Waals surface area contributed by atoms with E-state index in [1.54, 1.807) is 43.5 Å². The van der Waals surface area contributed by atoms with Crippen LogP contribution in [0.4, 0.5) is 17.5 Å². The average Bonchev–Trinajstić information content (AvgIpc) is 3.35. The molecule has 0 radical (unpaired) electrons. The number of nitrogen functional groups attached to an aromatic ring is 1. The molecule has 4 heterocycles. The number of imidazole rings is 1. The van der Waals surface area contributed by atoms with Crippen LogP contribution in [-0.4, -0.2) is 73.9 Å². The number of thiazole rings is 1. The topological polar surface area (TPSA) is 144 Å². The Morgan fingerprint density at radius 3 is 2.79 bits per heavy atom. The van der Waals surface area contributed by atoms with Crippen LogP contribution in [-0.2, 0) is 12.0 Å². The van der Waals surface area contributed by atoms with Gasteiger partial charge in [0.15, 0.2) is 11.5 Å². The van der Waals surface area contributed by atoms with E-state index in [0.29, 0.717) is 47.2 Å². The third-order valence-electron chi connectivity index (χ3n) is 8.01. The van der Waals surface area contributed by atoms with Gasteiger partial charge in [0.25, 0.3) is 11.8 Å². The van der Waals surface area contributed by atoms with Crippen molar-refractivity contribution in [3.8, 4) is 16.9 Å². The molecule has 2 aromatic carbocycles. The quantitative estimate of drug-likeness (QED) is 0.286. The van der Waals surface area contributed by atoms with E-state index in [1.807, 2.05) is 35.2 Å². The number of amides is 2. The third-order valence-corrected chi connectivity index (χ3v) is 8.85. The Labute approximate surface area is 251 Å². The van der Waals surface area contributed by atoms with E-state index < -0.39 is 0 Å². The van der Waals surface area contributed by atoms with Crippen molar-refractivity contribution < 1.29 is 14.3 Å². The number of nitrogens with one attached hydrogen (secondary N) is 1. The minimum absolute atomic E-state index is 0.0257. The molecule has 0 unspecified atom stereocenters. The standard InChI is InChI=1S/C30H29N9O3S/c1-37(2)28(41)22-15-43-23(33-22)14-38-16-30(9-10-30)20-13-17(7-8-19(20)27(38)40)18-5-4-6-21(24(18)42-3)34-25-26-32-11-12-39(26)36-29(31)35-25/h4-8,11-13,15H,9-10,14,16H2,1-3H3,(H3,31,34,35,36). The Kier molecular flexibility index (Phi) is 6.27. The highest BCUT2D eigenvalue weighted by Gasteiger charge is 2.51.